The van der Waals surface area contributed by atoms with Gasteiger partial charge in [0.15, 0.2) is 0 Å². The molecule has 1 heterocycles. The Kier molecular flexibility index (Phi) is 7.43. The van der Waals surface area contributed by atoms with Gasteiger partial charge >= 0.3 is 5.97 Å². The van der Waals surface area contributed by atoms with Gasteiger partial charge in [-0.3, -0.25) is 4.79 Å². The number of esters is 1. The Bertz CT molecular complexity index is 581. The number of halogens is 1. The minimum Gasteiger partial charge on any atom is -0.464 e. The van der Waals surface area contributed by atoms with Crippen molar-refractivity contribution in [3.05, 3.63) is 34.9 Å². The van der Waals surface area contributed by atoms with Crippen molar-refractivity contribution in [2.45, 2.75) is 50.9 Å². The zero-order chi connectivity index (χ0) is 17.5. The van der Waals surface area contributed by atoms with E-state index in [-0.39, 0.29) is 17.3 Å². The molecule has 0 saturated carbocycles. The molecule has 1 aromatic carbocycles. The van der Waals surface area contributed by atoms with Gasteiger partial charge < -0.3 is 9.64 Å². The van der Waals surface area contributed by atoms with Crippen LogP contribution in [0.4, 0.5) is 0 Å². The maximum absolute atomic E-state index is 13.0. The number of unbranched alkanes of at least 4 members (excludes halogenated alkanes) is 1. The van der Waals surface area contributed by atoms with Crippen molar-refractivity contribution in [2.75, 3.05) is 12.4 Å². The minimum atomic E-state index is -0.535. The van der Waals surface area contributed by atoms with Crippen molar-refractivity contribution in [2.24, 2.45) is 0 Å². The predicted molar refractivity (Wildman–Crippen MR) is 98.4 cm³/mol. The summed E-state index contributed by atoms with van der Waals surface area (Å²) in [5.41, 5.74) is 0.439. The van der Waals surface area contributed by atoms with Crippen LogP contribution in [0.25, 0.3) is 0 Å². The van der Waals surface area contributed by atoms with Crippen LogP contribution in [0, 0.1) is 0 Å². The molecule has 0 aliphatic carbocycles. The largest absolute Gasteiger partial charge is 0.464 e. The lowest BCUT2D eigenvalue weighted by molar-refractivity contribution is -0.148. The number of thioether (sulfide) groups is 1. The topological polar surface area (TPSA) is 46.6 Å². The molecule has 1 aromatic rings. The van der Waals surface area contributed by atoms with Gasteiger partial charge in [-0.2, -0.15) is 0 Å². The van der Waals surface area contributed by atoms with Crippen molar-refractivity contribution in [3.8, 4) is 0 Å². The van der Waals surface area contributed by atoms with Crippen LogP contribution in [0.1, 0.15) is 49.9 Å². The van der Waals surface area contributed by atoms with Crippen LogP contribution in [-0.2, 0) is 9.53 Å². The molecular formula is C18H24ClNO3S. The quantitative estimate of drug-likeness (QED) is 0.529. The van der Waals surface area contributed by atoms with Gasteiger partial charge in [0.1, 0.15) is 6.04 Å². The van der Waals surface area contributed by atoms with E-state index in [9.17, 15) is 9.59 Å². The highest BCUT2D eigenvalue weighted by Crippen LogP contribution is 2.35. The Morgan fingerprint density at radius 1 is 1.29 bits per heavy atom. The maximum atomic E-state index is 13.0. The normalized spacial score (nSPS) is 20.2. The minimum absolute atomic E-state index is 0.0116. The summed E-state index contributed by atoms with van der Waals surface area (Å²) in [4.78, 5) is 27.1. The van der Waals surface area contributed by atoms with E-state index in [4.69, 9.17) is 16.3 Å². The van der Waals surface area contributed by atoms with Gasteiger partial charge in [0, 0.05) is 5.75 Å². The summed E-state index contributed by atoms with van der Waals surface area (Å²) in [6, 6.07) is 6.44. The average molecular weight is 370 g/mol. The zero-order valence-electron chi connectivity index (χ0n) is 14.2. The summed E-state index contributed by atoms with van der Waals surface area (Å²) in [5, 5.41) is 0.398. The molecule has 2 atom stereocenters. The highest BCUT2D eigenvalue weighted by Gasteiger charge is 2.42. The van der Waals surface area contributed by atoms with E-state index in [0.717, 1.165) is 25.7 Å². The molecule has 0 spiro atoms. The van der Waals surface area contributed by atoms with Crippen LogP contribution in [0.2, 0.25) is 5.02 Å². The van der Waals surface area contributed by atoms with Gasteiger partial charge in [-0.1, -0.05) is 50.4 Å². The zero-order valence-corrected chi connectivity index (χ0v) is 15.7. The molecule has 0 aromatic heterocycles. The van der Waals surface area contributed by atoms with E-state index in [0.29, 0.717) is 22.9 Å². The van der Waals surface area contributed by atoms with Crippen LogP contribution >= 0.6 is 23.4 Å². The van der Waals surface area contributed by atoms with E-state index >= 15 is 0 Å². The second kappa shape index (κ2) is 9.33. The maximum Gasteiger partial charge on any atom is 0.329 e. The third-order valence-electron chi connectivity index (χ3n) is 3.98. The number of carbonyl (C=O) groups is 2. The first kappa shape index (κ1) is 19.1. The number of hydrogen-bond donors (Lipinski definition) is 0. The first-order valence-corrected chi connectivity index (χ1v) is 9.88. The highest BCUT2D eigenvalue weighted by atomic mass is 35.5. The fraction of sp³-hybridized carbons (Fsp3) is 0.556. The summed E-state index contributed by atoms with van der Waals surface area (Å²) in [5.74, 6) is 0.0719. The van der Waals surface area contributed by atoms with Crippen LogP contribution in [0.5, 0.6) is 0 Å². The summed E-state index contributed by atoms with van der Waals surface area (Å²) in [6.07, 6.45) is 3.59. The Morgan fingerprint density at radius 3 is 2.71 bits per heavy atom. The van der Waals surface area contributed by atoms with Gasteiger partial charge in [0.05, 0.1) is 22.6 Å². The first-order valence-electron chi connectivity index (χ1n) is 8.45. The van der Waals surface area contributed by atoms with E-state index in [1.807, 2.05) is 6.92 Å². The second-order valence-corrected chi connectivity index (χ2v) is 7.42. The Hall–Kier alpha value is -1.20. The molecule has 6 heteroatoms. The lowest BCUT2D eigenvalue weighted by Gasteiger charge is -2.28. The number of hydrogen-bond acceptors (Lipinski definition) is 4. The Balaban J connectivity index is 2.20. The Labute approximate surface area is 152 Å². The molecule has 0 bridgehead atoms. The second-order valence-electron chi connectivity index (χ2n) is 5.81. The van der Waals surface area contributed by atoms with E-state index in [1.165, 1.54) is 0 Å². The monoisotopic (exact) mass is 369 g/mol. The third-order valence-corrected chi connectivity index (χ3v) is 5.67. The van der Waals surface area contributed by atoms with Crippen molar-refractivity contribution in [1.82, 2.24) is 4.90 Å². The van der Waals surface area contributed by atoms with Crippen molar-refractivity contribution in [1.29, 1.82) is 0 Å². The fourth-order valence-electron chi connectivity index (χ4n) is 2.67. The van der Waals surface area contributed by atoms with Gasteiger partial charge in [-0.05, 0) is 25.0 Å². The number of benzene rings is 1. The lowest BCUT2D eigenvalue weighted by atomic mass is 10.1. The molecule has 1 amide bonds. The molecule has 0 radical (unpaired) electrons. The predicted octanol–water partition coefficient (Wildman–Crippen LogP) is 4.37. The van der Waals surface area contributed by atoms with Gasteiger partial charge in [0.25, 0.3) is 5.91 Å². The molecule has 1 saturated heterocycles. The molecule has 0 N–H and O–H groups in total. The molecule has 132 valence electrons. The van der Waals surface area contributed by atoms with E-state index < -0.39 is 6.04 Å². The number of nitrogens with zero attached hydrogens (tertiary/aromatic N) is 1. The number of amides is 1. The van der Waals surface area contributed by atoms with Crippen molar-refractivity contribution in [3.63, 3.8) is 0 Å². The summed E-state index contributed by atoms with van der Waals surface area (Å²) < 4.78 is 5.36. The highest BCUT2D eigenvalue weighted by molar-refractivity contribution is 8.00. The summed E-state index contributed by atoms with van der Waals surface area (Å²) in [6.45, 7) is 4.53. The summed E-state index contributed by atoms with van der Waals surface area (Å²) >= 11 is 7.82. The molecular weight excluding hydrogens is 346 g/mol. The van der Waals surface area contributed by atoms with E-state index in [1.54, 1.807) is 40.9 Å². The standard InChI is InChI=1S/C18H24ClNO3S/c1-3-5-11-23-18(22)15-12-24-16(8-4-2)20(15)17(21)13-9-6-7-10-14(13)19/h6-7,9-10,15-16H,3-5,8,11-12H2,1-2H3/t15-,16+/m0/s1. The smallest absolute Gasteiger partial charge is 0.329 e. The summed E-state index contributed by atoms with van der Waals surface area (Å²) in [7, 11) is 0. The van der Waals surface area contributed by atoms with E-state index in [2.05, 4.69) is 6.92 Å². The molecule has 1 aliphatic heterocycles. The van der Waals surface area contributed by atoms with Crippen molar-refractivity contribution >= 4 is 35.2 Å². The van der Waals surface area contributed by atoms with Crippen molar-refractivity contribution < 1.29 is 14.3 Å². The first-order chi connectivity index (χ1) is 11.6. The fourth-order valence-corrected chi connectivity index (χ4v) is 4.40. The van der Waals surface area contributed by atoms with Crippen LogP contribution in [-0.4, -0.2) is 40.6 Å². The number of ether oxygens (including phenoxy) is 1. The Morgan fingerprint density at radius 2 is 2.04 bits per heavy atom. The van der Waals surface area contributed by atoms with Crippen LogP contribution < -0.4 is 0 Å². The molecule has 1 aliphatic rings. The lowest BCUT2D eigenvalue weighted by Crippen LogP contribution is -2.46. The molecule has 1 fully saturated rings. The molecule has 2 rings (SSSR count). The SMILES string of the molecule is CCCCOC(=O)[C@@H]1CS[C@H](CCC)N1C(=O)c1ccccc1Cl. The van der Waals surface area contributed by atoms with Gasteiger partial charge in [0.2, 0.25) is 0 Å². The van der Waals surface area contributed by atoms with Gasteiger partial charge in [-0.15, -0.1) is 11.8 Å². The average Bonchev–Trinajstić information content (AvgIpc) is 2.99. The van der Waals surface area contributed by atoms with Gasteiger partial charge in [-0.25, -0.2) is 4.79 Å². The van der Waals surface area contributed by atoms with Crippen LogP contribution in [0.3, 0.4) is 0 Å². The number of rotatable bonds is 7. The van der Waals surface area contributed by atoms with Crippen LogP contribution in [0.15, 0.2) is 24.3 Å². The number of carbonyl (C=O) groups excluding carboxylic acids is 2. The third kappa shape index (κ3) is 4.45. The molecule has 0 unspecified atom stereocenters. The molecule has 24 heavy (non-hydrogen) atoms. The molecule has 4 nitrogen and oxygen atoms in total.